The van der Waals surface area contributed by atoms with Crippen LogP contribution in [-0.4, -0.2) is 59.1 Å². The normalized spacial score (nSPS) is 15.0. The number of esters is 1. The molecule has 0 aliphatic carbocycles. The molecular formula is C10HF15O4. The number of hydrogen-bond acceptors (Lipinski definition) is 4. The fourth-order valence-electron chi connectivity index (χ4n) is 1.73. The second kappa shape index (κ2) is 6.96. The fraction of sp³-hybridized carbons (Fsp3) is 0.700. The van der Waals surface area contributed by atoms with Gasteiger partial charge in [0.2, 0.25) is 5.57 Å². The lowest BCUT2D eigenvalue weighted by atomic mass is 9.79. The first kappa shape index (κ1) is 26.8. The van der Waals surface area contributed by atoms with Crippen LogP contribution in [0.25, 0.3) is 0 Å². The molecule has 0 aromatic rings. The second-order valence-corrected chi connectivity index (χ2v) is 4.75. The Kier molecular flexibility index (Phi) is 6.44. The van der Waals surface area contributed by atoms with Gasteiger partial charge in [0, 0.05) is 0 Å². The largest absolute Gasteiger partial charge is 0.441 e. The van der Waals surface area contributed by atoms with E-state index in [4.69, 9.17) is 5.11 Å². The molecule has 0 bridgehead atoms. The van der Waals surface area contributed by atoms with E-state index in [1.54, 1.807) is 0 Å². The molecule has 0 radical (unpaired) electrons. The van der Waals surface area contributed by atoms with Crippen LogP contribution < -0.4 is 0 Å². The number of carbonyl (C=O) groups excluding carboxylic acids is 2. The van der Waals surface area contributed by atoms with E-state index in [9.17, 15) is 75.4 Å². The molecule has 1 N–H and O–H groups in total. The van der Waals surface area contributed by atoms with Gasteiger partial charge >= 0.3 is 48.1 Å². The third kappa shape index (κ3) is 4.10. The minimum atomic E-state index is -8.08. The number of hydrogen-bond donors (Lipinski definition) is 1. The van der Waals surface area contributed by atoms with E-state index in [1.165, 1.54) is 0 Å². The SMILES string of the molecule is O=C=C(C(=O)OC(C(F)(F)F)(C(F)(F)F)C(O)(C(F)(F)F)C(F)(F)F)C(F)(F)F. The van der Waals surface area contributed by atoms with Crippen molar-refractivity contribution in [1.29, 1.82) is 0 Å². The molecule has 0 atom stereocenters. The van der Waals surface area contributed by atoms with Crippen molar-refractivity contribution in [3.05, 3.63) is 5.57 Å². The smallest absolute Gasteiger partial charge is 0.432 e. The first-order valence-corrected chi connectivity index (χ1v) is 5.87. The Morgan fingerprint density at radius 3 is 1.14 bits per heavy atom. The van der Waals surface area contributed by atoms with Gasteiger partial charge in [-0.2, -0.15) is 65.9 Å². The summed E-state index contributed by atoms with van der Waals surface area (Å²) < 4.78 is 192. The summed E-state index contributed by atoms with van der Waals surface area (Å²) in [6.45, 7) is 0. The van der Waals surface area contributed by atoms with Gasteiger partial charge in [-0.3, -0.25) is 0 Å². The Hall–Kier alpha value is -2.17. The van der Waals surface area contributed by atoms with Crippen LogP contribution in [0.1, 0.15) is 0 Å². The Morgan fingerprint density at radius 2 is 0.966 bits per heavy atom. The van der Waals surface area contributed by atoms with Crippen LogP contribution in [0.3, 0.4) is 0 Å². The predicted octanol–water partition coefficient (Wildman–Crippen LogP) is 3.57. The monoisotopic (exact) mass is 470 g/mol. The number of aliphatic hydroxyl groups is 1. The van der Waals surface area contributed by atoms with Crippen molar-refractivity contribution in [3.8, 4) is 0 Å². The molecule has 0 aromatic heterocycles. The molecule has 0 fully saturated rings. The highest BCUT2D eigenvalue weighted by Crippen LogP contribution is 2.61. The van der Waals surface area contributed by atoms with Crippen molar-refractivity contribution in [1.82, 2.24) is 0 Å². The van der Waals surface area contributed by atoms with E-state index in [2.05, 4.69) is 0 Å². The molecule has 0 aliphatic heterocycles. The average molecular weight is 470 g/mol. The van der Waals surface area contributed by atoms with Gasteiger partial charge in [-0.25, -0.2) is 9.59 Å². The Balaban J connectivity index is 7.44. The maximum absolute atomic E-state index is 12.9. The second-order valence-electron chi connectivity index (χ2n) is 4.75. The summed E-state index contributed by atoms with van der Waals surface area (Å²) in [5, 5.41) is 8.62. The van der Waals surface area contributed by atoms with Crippen molar-refractivity contribution >= 4 is 11.9 Å². The standard InChI is InChI=1S/C10HF15O4/c11-4(12,13)2(1-26)3(27)29-6(9(20,21)22,10(23,24)25)5(28,7(14,15)16)8(17,18)19/h28H. The van der Waals surface area contributed by atoms with E-state index in [1.807, 2.05) is 4.74 Å². The molecule has 29 heavy (non-hydrogen) atoms. The molecule has 0 aliphatic rings. The van der Waals surface area contributed by atoms with Crippen molar-refractivity contribution in [2.75, 3.05) is 0 Å². The number of ether oxygens (including phenoxy) is 1. The van der Waals surface area contributed by atoms with Gasteiger partial charge in [-0.1, -0.05) is 0 Å². The molecule has 0 amide bonds. The van der Waals surface area contributed by atoms with Crippen molar-refractivity contribution in [3.63, 3.8) is 0 Å². The lowest BCUT2D eigenvalue weighted by Gasteiger charge is -2.47. The molecule has 0 rings (SSSR count). The topological polar surface area (TPSA) is 63.6 Å². The van der Waals surface area contributed by atoms with Crippen molar-refractivity contribution < 1.29 is 85.3 Å². The maximum Gasteiger partial charge on any atom is 0.441 e. The summed E-state index contributed by atoms with van der Waals surface area (Å²) in [6.07, 6.45) is -38.7. The van der Waals surface area contributed by atoms with Gasteiger partial charge in [-0.15, -0.1) is 0 Å². The van der Waals surface area contributed by atoms with Crippen molar-refractivity contribution in [2.24, 2.45) is 0 Å². The first-order chi connectivity index (χ1) is 12.3. The predicted molar refractivity (Wildman–Crippen MR) is 53.3 cm³/mol. The summed E-state index contributed by atoms with van der Waals surface area (Å²) >= 11 is 0. The molecule has 170 valence electrons. The zero-order valence-corrected chi connectivity index (χ0v) is 12.3. The van der Waals surface area contributed by atoms with Crippen LogP contribution in [-0.2, 0) is 14.3 Å². The minimum Gasteiger partial charge on any atom is -0.432 e. The first-order valence-electron chi connectivity index (χ1n) is 5.87. The highest BCUT2D eigenvalue weighted by molar-refractivity contribution is 5.98. The summed E-state index contributed by atoms with van der Waals surface area (Å²) in [4.78, 5) is 20.9. The average Bonchev–Trinajstić information content (AvgIpc) is 2.37. The van der Waals surface area contributed by atoms with Crippen LogP contribution in [0.4, 0.5) is 65.9 Å². The Bertz CT molecular complexity index is 654. The van der Waals surface area contributed by atoms with Gasteiger partial charge in [0.1, 0.15) is 5.94 Å². The molecule has 19 heteroatoms. The zero-order valence-electron chi connectivity index (χ0n) is 12.3. The number of alkyl halides is 15. The van der Waals surface area contributed by atoms with Gasteiger partial charge < -0.3 is 9.84 Å². The van der Waals surface area contributed by atoms with Crippen LogP contribution in [0.15, 0.2) is 5.57 Å². The van der Waals surface area contributed by atoms with Gasteiger partial charge in [0.15, 0.2) is 0 Å². The highest BCUT2D eigenvalue weighted by atomic mass is 19.4. The summed E-state index contributed by atoms with van der Waals surface area (Å²) in [5.74, 6) is -4.90. The molecule has 0 saturated carbocycles. The Morgan fingerprint density at radius 1 is 0.655 bits per heavy atom. The molecule has 0 saturated heterocycles. The van der Waals surface area contributed by atoms with E-state index < -0.39 is 59.6 Å². The van der Waals surface area contributed by atoms with E-state index in [0.29, 0.717) is 0 Å². The minimum absolute atomic E-state index is 0.616. The van der Waals surface area contributed by atoms with Gasteiger partial charge in [-0.05, 0) is 0 Å². The summed E-state index contributed by atoms with van der Waals surface area (Å²) in [7, 11) is 0. The summed E-state index contributed by atoms with van der Waals surface area (Å²) in [6, 6.07) is 0. The maximum atomic E-state index is 12.9. The number of rotatable bonds is 3. The van der Waals surface area contributed by atoms with E-state index in [-0.39, 0.29) is 0 Å². The quantitative estimate of drug-likeness (QED) is 0.297. The van der Waals surface area contributed by atoms with Crippen LogP contribution in [0.5, 0.6) is 0 Å². The molecule has 0 heterocycles. The van der Waals surface area contributed by atoms with Crippen molar-refractivity contribution in [2.45, 2.75) is 42.1 Å². The van der Waals surface area contributed by atoms with E-state index >= 15 is 0 Å². The summed E-state index contributed by atoms with van der Waals surface area (Å²) in [5.41, 5.74) is -19.9. The number of carbonyl (C=O) groups is 1. The molecular weight excluding hydrogens is 469 g/mol. The lowest BCUT2D eigenvalue weighted by molar-refractivity contribution is -0.494. The van der Waals surface area contributed by atoms with Crippen LogP contribution >= 0.6 is 0 Å². The zero-order chi connectivity index (χ0) is 24.1. The van der Waals surface area contributed by atoms with Gasteiger partial charge in [0.25, 0.3) is 0 Å². The molecule has 0 aromatic carbocycles. The number of halogens is 15. The third-order valence-corrected chi connectivity index (χ3v) is 2.96. The van der Waals surface area contributed by atoms with Crippen LogP contribution in [0.2, 0.25) is 0 Å². The molecule has 4 nitrogen and oxygen atoms in total. The van der Waals surface area contributed by atoms with E-state index in [0.717, 1.165) is 0 Å². The molecule has 0 spiro atoms. The van der Waals surface area contributed by atoms with Gasteiger partial charge in [0.05, 0.1) is 0 Å². The fourth-order valence-corrected chi connectivity index (χ4v) is 1.73. The Labute approximate surface area is 146 Å². The lowest BCUT2D eigenvalue weighted by Crippen LogP contribution is -2.81. The molecule has 0 unspecified atom stereocenters. The third-order valence-electron chi connectivity index (χ3n) is 2.96. The van der Waals surface area contributed by atoms with Crippen LogP contribution in [0, 0.1) is 0 Å². The highest BCUT2D eigenvalue weighted by Gasteiger charge is 2.96.